The van der Waals surface area contributed by atoms with Crippen LogP contribution in [0.5, 0.6) is 0 Å². The van der Waals surface area contributed by atoms with Gasteiger partial charge in [-0.15, -0.1) is 6.58 Å². The van der Waals surface area contributed by atoms with Crippen LogP contribution in [0.15, 0.2) is 24.4 Å². The lowest BCUT2D eigenvalue weighted by Gasteiger charge is -2.16. The molecule has 56 valence electrons. The Bertz CT molecular complexity index is 147. The van der Waals surface area contributed by atoms with Crippen LogP contribution in [0.25, 0.3) is 0 Å². The highest BCUT2D eigenvalue weighted by molar-refractivity contribution is 4.99. The van der Waals surface area contributed by atoms with Crippen molar-refractivity contribution < 1.29 is 0 Å². The van der Waals surface area contributed by atoms with Gasteiger partial charge in [-0.25, -0.2) is 0 Å². The van der Waals surface area contributed by atoms with Crippen molar-refractivity contribution in [1.29, 1.82) is 0 Å². The Labute approximate surface area is 62.8 Å². The van der Waals surface area contributed by atoms with Gasteiger partial charge in [-0.2, -0.15) is 0 Å². The van der Waals surface area contributed by atoms with Crippen molar-refractivity contribution in [1.82, 2.24) is 5.32 Å². The molecular weight excluding hydrogens is 122 g/mol. The van der Waals surface area contributed by atoms with E-state index in [0.717, 1.165) is 18.9 Å². The molecule has 0 amide bonds. The van der Waals surface area contributed by atoms with Crippen LogP contribution in [-0.2, 0) is 0 Å². The molecule has 1 heteroatoms. The van der Waals surface area contributed by atoms with Crippen LogP contribution in [0.2, 0.25) is 0 Å². The minimum atomic E-state index is 0.735. The summed E-state index contributed by atoms with van der Waals surface area (Å²) in [7, 11) is 0. The van der Waals surface area contributed by atoms with E-state index in [1.807, 2.05) is 0 Å². The predicted molar refractivity (Wildman–Crippen MR) is 44.7 cm³/mol. The van der Waals surface area contributed by atoms with Crippen LogP contribution >= 0.6 is 0 Å². The Balaban J connectivity index is 2.33. The van der Waals surface area contributed by atoms with Crippen LogP contribution in [0.3, 0.4) is 0 Å². The van der Waals surface area contributed by atoms with Crippen molar-refractivity contribution in [2.24, 2.45) is 5.92 Å². The van der Waals surface area contributed by atoms with Crippen LogP contribution in [0, 0.1) is 5.92 Å². The van der Waals surface area contributed by atoms with Crippen LogP contribution in [0.4, 0.5) is 0 Å². The first-order valence-corrected chi connectivity index (χ1v) is 3.83. The largest absolute Gasteiger partial charge is 0.391 e. The van der Waals surface area contributed by atoms with Crippen molar-refractivity contribution in [2.45, 2.75) is 19.8 Å². The molecule has 0 aromatic carbocycles. The molecule has 0 aliphatic carbocycles. The first-order chi connectivity index (χ1) is 4.79. The van der Waals surface area contributed by atoms with E-state index in [0.29, 0.717) is 0 Å². The summed E-state index contributed by atoms with van der Waals surface area (Å²) in [5, 5.41) is 3.18. The fraction of sp³-hybridized carbons (Fsp3) is 0.556. The molecule has 10 heavy (non-hydrogen) atoms. The highest BCUT2D eigenvalue weighted by Gasteiger charge is 2.06. The maximum absolute atomic E-state index is 3.89. The highest BCUT2D eigenvalue weighted by atomic mass is 14.8. The number of hydrogen-bond donors (Lipinski definition) is 1. The third kappa shape index (κ3) is 2.26. The van der Waals surface area contributed by atoms with Gasteiger partial charge in [-0.3, -0.25) is 0 Å². The summed E-state index contributed by atoms with van der Waals surface area (Å²) in [6.45, 7) is 7.11. The summed E-state index contributed by atoms with van der Waals surface area (Å²) in [6.07, 6.45) is 6.69. The molecule has 0 bridgehead atoms. The molecule has 0 aromatic heterocycles. The van der Waals surface area contributed by atoms with Gasteiger partial charge in [-0.05, 0) is 31.9 Å². The molecule has 1 aliphatic rings. The molecule has 0 spiro atoms. The lowest BCUT2D eigenvalue weighted by molar-refractivity contribution is 0.543. The molecule has 0 fully saturated rings. The van der Waals surface area contributed by atoms with Gasteiger partial charge >= 0.3 is 0 Å². The van der Waals surface area contributed by atoms with Crippen molar-refractivity contribution in [3.05, 3.63) is 24.4 Å². The van der Waals surface area contributed by atoms with Gasteiger partial charge in [0, 0.05) is 6.54 Å². The second-order valence-corrected chi connectivity index (χ2v) is 3.02. The number of rotatable bonds is 2. The molecule has 0 saturated heterocycles. The number of nitrogens with one attached hydrogen (secondary N) is 1. The molecule has 1 heterocycles. The van der Waals surface area contributed by atoms with Gasteiger partial charge in [0.05, 0.1) is 0 Å². The minimum absolute atomic E-state index is 0.735. The second kappa shape index (κ2) is 3.45. The first kappa shape index (κ1) is 7.39. The lowest BCUT2D eigenvalue weighted by atomic mass is 9.96. The molecule has 0 saturated carbocycles. The van der Waals surface area contributed by atoms with Gasteiger partial charge in [-0.1, -0.05) is 11.6 Å². The average molecular weight is 137 g/mol. The van der Waals surface area contributed by atoms with E-state index in [-0.39, 0.29) is 0 Å². The molecule has 1 aliphatic heterocycles. The SMILES string of the molecule is C=C(C)CC1C=CNCC1. The molecule has 0 radical (unpaired) electrons. The third-order valence-corrected chi connectivity index (χ3v) is 1.76. The fourth-order valence-corrected chi connectivity index (χ4v) is 1.27. The van der Waals surface area contributed by atoms with Gasteiger partial charge in [0.25, 0.3) is 0 Å². The van der Waals surface area contributed by atoms with Crippen LogP contribution in [-0.4, -0.2) is 6.54 Å². The number of allylic oxidation sites excluding steroid dienone is 2. The van der Waals surface area contributed by atoms with Crippen molar-refractivity contribution >= 4 is 0 Å². The second-order valence-electron chi connectivity index (χ2n) is 3.02. The lowest BCUT2D eigenvalue weighted by Crippen LogP contribution is -2.17. The molecule has 1 N–H and O–H groups in total. The maximum atomic E-state index is 3.89. The van der Waals surface area contributed by atoms with E-state index in [1.54, 1.807) is 0 Å². The van der Waals surface area contributed by atoms with Crippen LogP contribution < -0.4 is 5.32 Å². The van der Waals surface area contributed by atoms with Gasteiger partial charge in [0.1, 0.15) is 0 Å². The summed E-state index contributed by atoms with van der Waals surface area (Å²) < 4.78 is 0. The zero-order chi connectivity index (χ0) is 7.40. The quantitative estimate of drug-likeness (QED) is 0.574. The van der Waals surface area contributed by atoms with Crippen molar-refractivity contribution in [3.8, 4) is 0 Å². The van der Waals surface area contributed by atoms with Gasteiger partial charge in [0.2, 0.25) is 0 Å². The van der Waals surface area contributed by atoms with E-state index in [9.17, 15) is 0 Å². The summed E-state index contributed by atoms with van der Waals surface area (Å²) in [5.41, 5.74) is 1.29. The topological polar surface area (TPSA) is 12.0 Å². The monoisotopic (exact) mass is 137 g/mol. The average Bonchev–Trinajstić information content (AvgIpc) is 1.88. The normalized spacial score (nSPS) is 23.9. The molecule has 1 rings (SSSR count). The van der Waals surface area contributed by atoms with Crippen molar-refractivity contribution in [2.75, 3.05) is 6.54 Å². The van der Waals surface area contributed by atoms with Crippen molar-refractivity contribution in [3.63, 3.8) is 0 Å². The Hall–Kier alpha value is -0.720. The maximum Gasteiger partial charge on any atom is 0.0147 e. The Morgan fingerprint density at radius 2 is 2.60 bits per heavy atom. The number of hydrogen-bond acceptors (Lipinski definition) is 1. The fourth-order valence-electron chi connectivity index (χ4n) is 1.27. The van der Waals surface area contributed by atoms with E-state index in [2.05, 4.69) is 31.1 Å². The van der Waals surface area contributed by atoms with Gasteiger partial charge < -0.3 is 5.32 Å². The molecular formula is C9H15N. The molecule has 0 aromatic rings. The van der Waals surface area contributed by atoms with E-state index >= 15 is 0 Å². The molecule has 1 unspecified atom stereocenters. The molecule has 1 atom stereocenters. The Morgan fingerprint density at radius 1 is 1.80 bits per heavy atom. The molecule has 1 nitrogen and oxygen atoms in total. The first-order valence-electron chi connectivity index (χ1n) is 3.83. The van der Waals surface area contributed by atoms with Crippen LogP contribution in [0.1, 0.15) is 19.8 Å². The van der Waals surface area contributed by atoms with Gasteiger partial charge in [0.15, 0.2) is 0 Å². The zero-order valence-electron chi connectivity index (χ0n) is 6.56. The zero-order valence-corrected chi connectivity index (χ0v) is 6.56. The highest BCUT2D eigenvalue weighted by Crippen LogP contribution is 2.16. The summed E-state index contributed by atoms with van der Waals surface area (Å²) in [5.74, 6) is 0.735. The Kier molecular flexibility index (Phi) is 2.55. The standard InChI is InChI=1S/C9H15N/c1-8(2)7-9-3-5-10-6-4-9/h3,5,9-10H,1,4,6-7H2,2H3. The minimum Gasteiger partial charge on any atom is -0.391 e. The van der Waals surface area contributed by atoms with E-state index in [4.69, 9.17) is 0 Å². The summed E-state index contributed by atoms with van der Waals surface area (Å²) in [6, 6.07) is 0. The van der Waals surface area contributed by atoms with E-state index < -0.39 is 0 Å². The van der Waals surface area contributed by atoms with E-state index in [1.165, 1.54) is 12.0 Å². The Morgan fingerprint density at radius 3 is 3.10 bits per heavy atom. The summed E-state index contributed by atoms with van der Waals surface area (Å²) >= 11 is 0. The summed E-state index contributed by atoms with van der Waals surface area (Å²) in [4.78, 5) is 0. The smallest absolute Gasteiger partial charge is 0.0147 e. The predicted octanol–water partition coefficient (Wildman–Crippen LogP) is 2.08. The third-order valence-electron chi connectivity index (χ3n) is 1.76.